The highest BCUT2D eigenvalue weighted by Crippen LogP contribution is 2.24. The van der Waals surface area contributed by atoms with E-state index in [1.165, 1.54) is 35.0 Å². The zero-order valence-electron chi connectivity index (χ0n) is 21.1. The molecule has 0 aliphatic carbocycles. The van der Waals surface area contributed by atoms with Crippen molar-refractivity contribution in [2.45, 2.75) is 31.3 Å². The first-order chi connectivity index (χ1) is 18.7. The van der Waals surface area contributed by atoms with Crippen molar-refractivity contribution in [2.24, 2.45) is 5.73 Å². The molecule has 10 nitrogen and oxygen atoms in total. The second-order valence-corrected chi connectivity index (χ2v) is 10.8. The number of amidine groups is 1. The molecule has 3 aromatic carbocycles. The second-order valence-electron chi connectivity index (χ2n) is 9.10. The monoisotopic (exact) mass is 542 g/mol. The summed E-state index contributed by atoms with van der Waals surface area (Å²) >= 11 is 0. The third-order valence-corrected chi connectivity index (χ3v) is 7.83. The first-order valence-electron chi connectivity index (χ1n) is 12.3. The van der Waals surface area contributed by atoms with Crippen LogP contribution in [0.1, 0.15) is 24.5 Å². The van der Waals surface area contributed by atoms with Crippen LogP contribution in [0.15, 0.2) is 93.5 Å². The predicted molar refractivity (Wildman–Crippen MR) is 152 cm³/mol. The van der Waals surface area contributed by atoms with Gasteiger partial charge < -0.3 is 5.73 Å². The maximum Gasteiger partial charge on any atom is 0.331 e. The van der Waals surface area contributed by atoms with Crippen LogP contribution >= 0.6 is 0 Å². The van der Waals surface area contributed by atoms with Crippen molar-refractivity contribution in [2.75, 3.05) is 4.72 Å². The maximum atomic E-state index is 13.5. The van der Waals surface area contributed by atoms with E-state index in [0.717, 1.165) is 4.57 Å². The molecule has 2 aromatic heterocycles. The smallest absolute Gasteiger partial charge is 0.331 e. The van der Waals surface area contributed by atoms with Crippen molar-refractivity contribution in [3.63, 3.8) is 0 Å². The molecule has 0 radical (unpaired) electrons. The summed E-state index contributed by atoms with van der Waals surface area (Å²) in [6, 6.07) is 19.7. The van der Waals surface area contributed by atoms with Crippen LogP contribution in [0.25, 0.3) is 21.8 Å². The lowest BCUT2D eigenvalue weighted by Gasteiger charge is -2.16. The maximum absolute atomic E-state index is 13.5. The standard InChI is InChI=1S/C28H26N6O4S/c1-2-15-33-23-16-21(32-39(37,38)24-7-3-5-19-6-4-14-31-25(19)24)12-13-22(23)27(35)34(28(33)36)17-18-8-10-20(11-9-18)26(29)30/h3-14,16,32H,2,15,17H2,1H3,(H3,29,30). The highest BCUT2D eigenvalue weighted by Gasteiger charge is 2.20. The first kappa shape index (κ1) is 25.9. The van der Waals surface area contributed by atoms with Gasteiger partial charge in [-0.3, -0.25) is 29.0 Å². The fraction of sp³-hybridized carbons (Fsp3) is 0.143. The summed E-state index contributed by atoms with van der Waals surface area (Å²) in [4.78, 5) is 31.1. The van der Waals surface area contributed by atoms with E-state index in [4.69, 9.17) is 11.1 Å². The topological polar surface area (TPSA) is 153 Å². The average Bonchev–Trinajstić information content (AvgIpc) is 2.93. The number of para-hydroxylation sites is 1. The van der Waals surface area contributed by atoms with E-state index in [2.05, 4.69) is 9.71 Å². The summed E-state index contributed by atoms with van der Waals surface area (Å²) in [5, 5.41) is 8.52. The van der Waals surface area contributed by atoms with Gasteiger partial charge in [0, 0.05) is 23.7 Å². The Labute approximate surface area is 223 Å². The van der Waals surface area contributed by atoms with E-state index in [9.17, 15) is 18.0 Å². The molecule has 0 saturated carbocycles. The Kier molecular flexibility index (Phi) is 6.75. The van der Waals surface area contributed by atoms with Crippen LogP contribution < -0.4 is 21.7 Å². The van der Waals surface area contributed by atoms with Gasteiger partial charge in [-0.15, -0.1) is 0 Å². The summed E-state index contributed by atoms with van der Waals surface area (Å²) in [6.07, 6.45) is 2.15. The van der Waals surface area contributed by atoms with E-state index in [1.54, 1.807) is 48.5 Å². The minimum atomic E-state index is -4.02. The molecule has 0 bridgehead atoms. The Morgan fingerprint density at radius 3 is 2.46 bits per heavy atom. The molecule has 0 saturated heterocycles. The molecule has 11 heteroatoms. The molecule has 0 spiro atoms. The van der Waals surface area contributed by atoms with Crippen molar-refractivity contribution >= 4 is 43.4 Å². The number of nitrogens with two attached hydrogens (primary N) is 1. The second kappa shape index (κ2) is 10.2. The van der Waals surface area contributed by atoms with Crippen molar-refractivity contribution in [3.05, 3.63) is 111 Å². The van der Waals surface area contributed by atoms with Crippen LogP contribution in [0.4, 0.5) is 5.69 Å². The Balaban J connectivity index is 1.57. The fourth-order valence-electron chi connectivity index (χ4n) is 4.53. The number of pyridine rings is 1. The van der Waals surface area contributed by atoms with Crippen molar-refractivity contribution in [3.8, 4) is 0 Å². The van der Waals surface area contributed by atoms with E-state index in [0.29, 0.717) is 40.5 Å². The van der Waals surface area contributed by atoms with Gasteiger partial charge in [0.15, 0.2) is 0 Å². The number of sulfonamides is 1. The minimum Gasteiger partial charge on any atom is -0.384 e. The zero-order chi connectivity index (χ0) is 27.7. The zero-order valence-corrected chi connectivity index (χ0v) is 21.9. The largest absolute Gasteiger partial charge is 0.384 e. The lowest BCUT2D eigenvalue weighted by molar-refractivity contribution is 0.593. The van der Waals surface area contributed by atoms with Crippen LogP contribution in [-0.2, 0) is 23.1 Å². The molecule has 198 valence electrons. The molecule has 4 N–H and O–H groups in total. The molecule has 5 aromatic rings. The number of benzene rings is 3. The third kappa shape index (κ3) is 4.91. The van der Waals surface area contributed by atoms with E-state index >= 15 is 0 Å². The van der Waals surface area contributed by atoms with E-state index < -0.39 is 21.3 Å². The fourth-order valence-corrected chi connectivity index (χ4v) is 5.76. The lowest BCUT2D eigenvalue weighted by atomic mass is 10.1. The van der Waals surface area contributed by atoms with Gasteiger partial charge in [-0.2, -0.15) is 0 Å². The Morgan fingerprint density at radius 1 is 1.00 bits per heavy atom. The van der Waals surface area contributed by atoms with Gasteiger partial charge in [-0.05, 0) is 42.3 Å². The normalized spacial score (nSPS) is 11.6. The van der Waals surface area contributed by atoms with Crippen LogP contribution in [0, 0.1) is 5.41 Å². The molecule has 0 atom stereocenters. The number of hydrogen-bond acceptors (Lipinski definition) is 6. The quantitative estimate of drug-likeness (QED) is 0.202. The third-order valence-electron chi connectivity index (χ3n) is 6.42. The molecule has 39 heavy (non-hydrogen) atoms. The van der Waals surface area contributed by atoms with Crippen molar-refractivity contribution in [1.82, 2.24) is 14.1 Å². The summed E-state index contributed by atoms with van der Waals surface area (Å²) < 4.78 is 31.8. The highest BCUT2D eigenvalue weighted by molar-refractivity contribution is 7.93. The number of fused-ring (bicyclic) bond motifs is 2. The van der Waals surface area contributed by atoms with Gasteiger partial charge in [0.1, 0.15) is 10.7 Å². The molecule has 5 rings (SSSR count). The SMILES string of the molecule is CCCn1c(=O)n(Cc2ccc(C(=N)N)cc2)c(=O)c2ccc(NS(=O)(=O)c3cccc4cccnc34)cc21. The van der Waals surface area contributed by atoms with Gasteiger partial charge in [0.2, 0.25) is 0 Å². The predicted octanol–water partition coefficient (Wildman–Crippen LogP) is 3.25. The molecular weight excluding hydrogens is 516 g/mol. The first-order valence-corrected chi connectivity index (χ1v) is 13.7. The molecule has 0 amide bonds. The number of aryl methyl sites for hydroxylation is 1. The highest BCUT2D eigenvalue weighted by atomic mass is 32.2. The summed E-state index contributed by atoms with van der Waals surface area (Å²) in [5.74, 6) is -0.0714. The van der Waals surface area contributed by atoms with E-state index in [1.807, 2.05) is 6.92 Å². The Bertz CT molecular complexity index is 1960. The average molecular weight is 543 g/mol. The molecule has 0 fully saturated rings. The number of nitrogens with one attached hydrogen (secondary N) is 2. The Morgan fingerprint density at radius 2 is 1.74 bits per heavy atom. The van der Waals surface area contributed by atoms with Crippen LogP contribution in [0.2, 0.25) is 0 Å². The van der Waals surface area contributed by atoms with Gasteiger partial charge in [0.25, 0.3) is 15.6 Å². The lowest BCUT2D eigenvalue weighted by Crippen LogP contribution is -2.40. The number of nitrogens with zero attached hydrogens (tertiary/aromatic N) is 3. The molecular formula is C28H26N6O4S. The number of aromatic nitrogens is 3. The number of rotatable bonds is 8. The molecule has 0 aliphatic rings. The van der Waals surface area contributed by atoms with Gasteiger partial charge in [0.05, 0.1) is 28.7 Å². The van der Waals surface area contributed by atoms with Gasteiger partial charge in [-0.1, -0.05) is 49.4 Å². The number of hydrogen-bond donors (Lipinski definition) is 3. The number of nitrogen functional groups attached to an aromatic ring is 1. The molecule has 2 heterocycles. The number of anilines is 1. The van der Waals surface area contributed by atoms with Crippen molar-refractivity contribution in [1.29, 1.82) is 5.41 Å². The van der Waals surface area contributed by atoms with Gasteiger partial charge in [-0.25, -0.2) is 13.2 Å². The molecule has 0 unspecified atom stereocenters. The summed E-state index contributed by atoms with van der Waals surface area (Å²) in [6.45, 7) is 2.29. The minimum absolute atomic E-state index is 0.0258. The Hall–Kier alpha value is -4.77. The van der Waals surface area contributed by atoms with Crippen LogP contribution in [0.5, 0.6) is 0 Å². The van der Waals surface area contributed by atoms with E-state index in [-0.39, 0.29) is 28.3 Å². The van der Waals surface area contributed by atoms with Gasteiger partial charge >= 0.3 is 5.69 Å². The molecule has 0 aliphatic heterocycles. The van der Waals surface area contributed by atoms with Crippen LogP contribution in [0.3, 0.4) is 0 Å². The summed E-state index contributed by atoms with van der Waals surface area (Å²) in [5.41, 5.74) is 6.69. The van der Waals surface area contributed by atoms with Crippen LogP contribution in [-0.4, -0.2) is 28.4 Å². The summed E-state index contributed by atoms with van der Waals surface area (Å²) in [7, 11) is -4.02. The van der Waals surface area contributed by atoms with Crippen molar-refractivity contribution < 1.29 is 8.42 Å².